The molecule has 0 aromatic carbocycles. The Morgan fingerprint density at radius 2 is 2.00 bits per heavy atom. The van der Waals surface area contributed by atoms with Crippen molar-refractivity contribution in [2.45, 2.75) is 25.0 Å². The van der Waals surface area contributed by atoms with Crippen molar-refractivity contribution in [3.05, 3.63) is 35.2 Å². The molecule has 146 valence electrons. The number of hydrogen-bond acceptors (Lipinski definition) is 5. The highest BCUT2D eigenvalue weighted by Crippen LogP contribution is 2.26. The van der Waals surface area contributed by atoms with Gasteiger partial charge in [0.15, 0.2) is 0 Å². The van der Waals surface area contributed by atoms with E-state index in [4.69, 9.17) is 16.3 Å². The number of aromatic nitrogens is 2. The number of nitrogens with zero attached hydrogens (tertiary/aromatic N) is 4. The second kappa shape index (κ2) is 7.05. The fourth-order valence-corrected chi connectivity index (χ4v) is 5.20. The Morgan fingerprint density at radius 3 is 2.78 bits per heavy atom. The van der Waals surface area contributed by atoms with E-state index in [1.807, 2.05) is 0 Å². The van der Waals surface area contributed by atoms with Gasteiger partial charge in [0.25, 0.3) is 5.91 Å². The molecular weight excluding hydrogens is 392 g/mol. The van der Waals surface area contributed by atoms with E-state index in [2.05, 4.69) is 4.98 Å². The number of imidazole rings is 1. The van der Waals surface area contributed by atoms with Gasteiger partial charge in [-0.3, -0.25) is 4.79 Å². The largest absolute Gasteiger partial charge is 0.375 e. The normalized spacial score (nSPS) is 24.6. The highest BCUT2D eigenvalue weighted by molar-refractivity contribution is 7.88. The number of hydrogen-bond donors (Lipinski definition) is 0. The number of ether oxygens (including phenoxy) is 1. The molecule has 0 aliphatic carbocycles. The van der Waals surface area contributed by atoms with E-state index in [0.717, 1.165) is 0 Å². The van der Waals surface area contributed by atoms with Gasteiger partial charge in [-0.2, -0.15) is 4.31 Å². The van der Waals surface area contributed by atoms with E-state index in [1.165, 1.54) is 10.6 Å². The molecule has 4 rings (SSSR count). The summed E-state index contributed by atoms with van der Waals surface area (Å²) in [5.74, 6) is -0.167. The Kier molecular flexibility index (Phi) is 4.87. The van der Waals surface area contributed by atoms with Gasteiger partial charge in [-0.1, -0.05) is 11.6 Å². The van der Waals surface area contributed by atoms with E-state index in [1.54, 1.807) is 33.8 Å². The van der Waals surface area contributed by atoms with Crippen molar-refractivity contribution < 1.29 is 17.9 Å². The molecule has 2 aromatic rings. The molecule has 2 atom stereocenters. The van der Waals surface area contributed by atoms with E-state index in [9.17, 15) is 13.2 Å². The lowest BCUT2D eigenvalue weighted by Gasteiger charge is -2.38. The Balaban J connectivity index is 1.54. The van der Waals surface area contributed by atoms with Crippen LogP contribution in [0.2, 0.25) is 5.02 Å². The van der Waals surface area contributed by atoms with Crippen LogP contribution in [-0.4, -0.2) is 77.6 Å². The molecule has 2 aromatic heterocycles. The van der Waals surface area contributed by atoms with Crippen LogP contribution in [0.25, 0.3) is 5.65 Å². The van der Waals surface area contributed by atoms with Crippen molar-refractivity contribution in [3.8, 4) is 0 Å². The van der Waals surface area contributed by atoms with Crippen LogP contribution < -0.4 is 0 Å². The number of sulfonamides is 1. The van der Waals surface area contributed by atoms with Crippen molar-refractivity contribution in [3.63, 3.8) is 0 Å². The zero-order valence-corrected chi connectivity index (χ0v) is 16.5. The first-order chi connectivity index (χ1) is 12.8. The Morgan fingerprint density at radius 1 is 1.22 bits per heavy atom. The van der Waals surface area contributed by atoms with Gasteiger partial charge >= 0.3 is 0 Å². The van der Waals surface area contributed by atoms with Crippen LogP contribution in [0.15, 0.2) is 24.5 Å². The molecule has 1 amide bonds. The minimum Gasteiger partial charge on any atom is -0.375 e. The zero-order valence-electron chi connectivity index (χ0n) is 14.9. The molecule has 2 fully saturated rings. The first-order valence-corrected chi connectivity index (χ1v) is 11.1. The number of fused-ring (bicyclic) bond motifs is 2. The van der Waals surface area contributed by atoms with Gasteiger partial charge in [0.2, 0.25) is 10.0 Å². The number of likely N-dealkylation sites (tertiary alicyclic amines) is 1. The van der Waals surface area contributed by atoms with Crippen LogP contribution in [0.5, 0.6) is 0 Å². The average molecular weight is 413 g/mol. The van der Waals surface area contributed by atoms with Gasteiger partial charge in [0, 0.05) is 32.0 Å². The summed E-state index contributed by atoms with van der Waals surface area (Å²) >= 11 is 5.99. The standard InChI is InChI=1S/C17H21ClN4O4S/c1-27(24,25)22-8-9-26-15-5-7-20(6-4-14(15)22)17(23)13-11-21-10-12(18)2-3-16(21)19-13/h2-3,10-11,14-15H,4-9H2,1H3/t14-,15-/m1/s1. The smallest absolute Gasteiger partial charge is 0.274 e. The molecule has 2 aliphatic rings. The number of rotatable bonds is 2. The summed E-state index contributed by atoms with van der Waals surface area (Å²) in [6.07, 6.45) is 5.55. The lowest BCUT2D eigenvalue weighted by molar-refractivity contribution is -0.0406. The van der Waals surface area contributed by atoms with E-state index in [0.29, 0.717) is 55.4 Å². The van der Waals surface area contributed by atoms with Crippen LogP contribution in [0.1, 0.15) is 23.3 Å². The number of morpholine rings is 1. The quantitative estimate of drug-likeness (QED) is 0.741. The number of halogens is 1. The van der Waals surface area contributed by atoms with Gasteiger partial charge in [-0.05, 0) is 25.0 Å². The zero-order chi connectivity index (χ0) is 19.2. The molecule has 8 nitrogen and oxygen atoms in total. The first-order valence-electron chi connectivity index (χ1n) is 8.85. The van der Waals surface area contributed by atoms with E-state index in [-0.39, 0.29) is 18.1 Å². The highest BCUT2D eigenvalue weighted by Gasteiger charge is 2.39. The summed E-state index contributed by atoms with van der Waals surface area (Å²) in [4.78, 5) is 19.0. The van der Waals surface area contributed by atoms with Crippen molar-refractivity contribution in [1.29, 1.82) is 0 Å². The molecule has 2 saturated heterocycles. The molecular formula is C17H21ClN4O4S. The molecule has 0 saturated carbocycles. The summed E-state index contributed by atoms with van der Waals surface area (Å²) in [5.41, 5.74) is 1.00. The Bertz CT molecular complexity index is 976. The Labute approximate surface area is 162 Å². The molecule has 0 radical (unpaired) electrons. The third-order valence-electron chi connectivity index (χ3n) is 5.17. The summed E-state index contributed by atoms with van der Waals surface area (Å²) in [6.45, 7) is 1.72. The maximum atomic E-state index is 12.9. The predicted molar refractivity (Wildman–Crippen MR) is 100 cm³/mol. The summed E-state index contributed by atoms with van der Waals surface area (Å²) < 4.78 is 33.2. The predicted octanol–water partition coefficient (Wildman–Crippen LogP) is 1.25. The second-order valence-electron chi connectivity index (χ2n) is 6.96. The summed E-state index contributed by atoms with van der Waals surface area (Å²) in [6, 6.07) is 3.26. The molecule has 0 spiro atoms. The lowest BCUT2D eigenvalue weighted by atomic mass is 10.0. The van der Waals surface area contributed by atoms with E-state index < -0.39 is 10.0 Å². The van der Waals surface area contributed by atoms with Gasteiger partial charge in [-0.25, -0.2) is 13.4 Å². The number of carbonyl (C=O) groups is 1. The lowest BCUT2D eigenvalue weighted by Crippen LogP contribution is -2.53. The van der Waals surface area contributed by atoms with Gasteiger partial charge in [-0.15, -0.1) is 0 Å². The maximum absolute atomic E-state index is 12.9. The van der Waals surface area contributed by atoms with Crippen LogP contribution in [0.4, 0.5) is 0 Å². The molecule has 0 N–H and O–H groups in total. The van der Waals surface area contributed by atoms with Crippen molar-refractivity contribution in [2.75, 3.05) is 32.5 Å². The molecule has 10 heteroatoms. The van der Waals surface area contributed by atoms with Crippen LogP contribution in [0, 0.1) is 0 Å². The third kappa shape index (κ3) is 3.69. The second-order valence-corrected chi connectivity index (χ2v) is 9.33. The average Bonchev–Trinajstić information content (AvgIpc) is 2.91. The van der Waals surface area contributed by atoms with Crippen molar-refractivity contribution >= 4 is 33.2 Å². The third-order valence-corrected chi connectivity index (χ3v) is 6.70. The topological polar surface area (TPSA) is 84.2 Å². The first kappa shape index (κ1) is 18.7. The van der Waals surface area contributed by atoms with Crippen LogP contribution in [-0.2, 0) is 14.8 Å². The molecule has 4 heterocycles. The summed E-state index contributed by atoms with van der Waals surface area (Å²) in [5, 5.41) is 0.566. The summed E-state index contributed by atoms with van der Waals surface area (Å²) in [7, 11) is -3.30. The molecule has 27 heavy (non-hydrogen) atoms. The van der Waals surface area contributed by atoms with Crippen molar-refractivity contribution in [2.24, 2.45) is 0 Å². The van der Waals surface area contributed by atoms with Crippen LogP contribution >= 0.6 is 11.6 Å². The van der Waals surface area contributed by atoms with Crippen molar-refractivity contribution in [1.82, 2.24) is 18.6 Å². The number of carbonyl (C=O) groups excluding carboxylic acids is 1. The van der Waals surface area contributed by atoms with Gasteiger partial charge < -0.3 is 14.0 Å². The van der Waals surface area contributed by atoms with Gasteiger partial charge in [0.05, 0.1) is 30.0 Å². The number of pyridine rings is 1. The number of amides is 1. The minimum atomic E-state index is -3.30. The maximum Gasteiger partial charge on any atom is 0.274 e. The minimum absolute atomic E-state index is 0.167. The monoisotopic (exact) mass is 412 g/mol. The fourth-order valence-electron chi connectivity index (χ4n) is 3.89. The Hall–Kier alpha value is -1.68. The SMILES string of the molecule is CS(=O)(=O)N1CCO[C@@H]2CCN(C(=O)c3cn4cc(Cl)ccc4n3)CC[C@H]21. The fraction of sp³-hybridized carbons (Fsp3) is 0.529. The van der Waals surface area contributed by atoms with E-state index >= 15 is 0 Å². The van der Waals surface area contributed by atoms with Crippen LogP contribution in [0.3, 0.4) is 0 Å². The highest BCUT2D eigenvalue weighted by atomic mass is 35.5. The van der Waals surface area contributed by atoms with Gasteiger partial charge in [0.1, 0.15) is 11.3 Å². The molecule has 0 unspecified atom stereocenters. The molecule has 2 aliphatic heterocycles. The molecule has 0 bridgehead atoms.